The van der Waals surface area contributed by atoms with Crippen LogP contribution in [0.3, 0.4) is 0 Å². The van der Waals surface area contributed by atoms with E-state index in [1.165, 1.54) is 0 Å². The van der Waals surface area contributed by atoms with Crippen LogP contribution in [0.1, 0.15) is 62.3 Å². The Morgan fingerprint density at radius 1 is 0.600 bits per heavy atom. The fourth-order valence-corrected chi connectivity index (χ4v) is 2.07. The summed E-state index contributed by atoms with van der Waals surface area (Å²) in [4.78, 5) is 0. The molecule has 25 heavy (non-hydrogen) atoms. The maximum atomic E-state index is 6.94. The molecule has 0 heterocycles. The Labute approximate surface area is 178 Å². The van der Waals surface area contributed by atoms with Crippen LogP contribution in [0, 0.1) is 0 Å². The van der Waals surface area contributed by atoms with Gasteiger partial charge >= 0.3 is 25.8 Å². The van der Waals surface area contributed by atoms with Crippen molar-refractivity contribution in [3.63, 3.8) is 0 Å². The van der Waals surface area contributed by atoms with Gasteiger partial charge in [-0.1, -0.05) is 82.0 Å². The number of hydrogen-bond acceptors (Lipinski definition) is 0. The molecular formula is C20H43HfN3Si. The van der Waals surface area contributed by atoms with E-state index in [0.717, 1.165) is 0 Å². The molecule has 3 nitrogen and oxygen atoms in total. The molecule has 0 saturated heterocycles. The Hall–Kier alpha value is 0.317. The molecule has 146 valence electrons. The second-order valence-corrected chi connectivity index (χ2v) is 15.3. The SMILES string of the molecule is CC(C)(C)[NH-].CC(C)(C)[NH-].CC(C)(C)[NH-].C[Si](C)(C)[c-]1cccc1.[Hf+4]. The van der Waals surface area contributed by atoms with E-state index in [1.54, 1.807) is 5.19 Å². The van der Waals surface area contributed by atoms with Crippen LogP contribution in [0.15, 0.2) is 24.3 Å². The smallest absolute Gasteiger partial charge is 0.673 e. The van der Waals surface area contributed by atoms with E-state index in [0.29, 0.717) is 0 Å². The number of nitrogens with one attached hydrogen (secondary N) is 3. The normalized spacial score (nSPS) is 11.5. The van der Waals surface area contributed by atoms with Crippen molar-refractivity contribution in [2.75, 3.05) is 0 Å². The molecule has 0 unspecified atom stereocenters. The van der Waals surface area contributed by atoms with Gasteiger partial charge in [0.05, 0.1) is 0 Å². The van der Waals surface area contributed by atoms with E-state index >= 15 is 0 Å². The summed E-state index contributed by atoms with van der Waals surface area (Å²) in [5.74, 6) is 0. The minimum Gasteiger partial charge on any atom is -0.673 e. The maximum Gasteiger partial charge on any atom is 4.00 e. The van der Waals surface area contributed by atoms with Crippen LogP contribution in [0.5, 0.6) is 0 Å². The summed E-state index contributed by atoms with van der Waals surface area (Å²) >= 11 is 0. The first-order chi connectivity index (χ1) is 10.1. The summed E-state index contributed by atoms with van der Waals surface area (Å²) in [6.07, 6.45) is 0. The van der Waals surface area contributed by atoms with Gasteiger partial charge in [-0.25, -0.2) is 12.1 Å². The van der Waals surface area contributed by atoms with Crippen molar-refractivity contribution < 1.29 is 25.8 Å². The van der Waals surface area contributed by atoms with E-state index in [9.17, 15) is 0 Å². The minimum absolute atomic E-state index is 0. The molecule has 0 saturated carbocycles. The fraction of sp³-hybridized carbons (Fsp3) is 0.750. The Morgan fingerprint density at radius 3 is 0.840 bits per heavy atom. The molecule has 5 heteroatoms. The molecule has 1 aromatic rings. The molecule has 3 N–H and O–H groups in total. The Balaban J connectivity index is -0.000000122. The van der Waals surface area contributed by atoms with E-state index in [-0.39, 0.29) is 42.5 Å². The van der Waals surface area contributed by atoms with E-state index in [1.807, 2.05) is 62.3 Å². The van der Waals surface area contributed by atoms with Crippen molar-refractivity contribution in [2.45, 2.75) is 98.6 Å². The van der Waals surface area contributed by atoms with Crippen molar-refractivity contribution in [2.24, 2.45) is 0 Å². The molecule has 0 atom stereocenters. The van der Waals surface area contributed by atoms with Crippen LogP contribution in [0.2, 0.25) is 19.6 Å². The fourth-order valence-electron chi connectivity index (χ4n) is 0.874. The molecule has 1 aromatic carbocycles. The van der Waals surface area contributed by atoms with Crippen LogP contribution in [-0.2, 0) is 25.8 Å². The topological polar surface area (TPSA) is 71.4 Å². The van der Waals surface area contributed by atoms with E-state index in [4.69, 9.17) is 17.2 Å². The zero-order valence-electron chi connectivity index (χ0n) is 18.8. The molecule has 0 radical (unpaired) electrons. The summed E-state index contributed by atoms with van der Waals surface area (Å²) in [6.45, 7) is 23.8. The van der Waals surface area contributed by atoms with E-state index in [2.05, 4.69) is 43.9 Å². The Morgan fingerprint density at radius 2 is 0.760 bits per heavy atom. The van der Waals surface area contributed by atoms with Gasteiger partial charge in [0.15, 0.2) is 0 Å². The van der Waals surface area contributed by atoms with Crippen molar-refractivity contribution >= 4 is 13.3 Å². The van der Waals surface area contributed by atoms with Crippen LogP contribution in [-0.4, -0.2) is 24.7 Å². The summed E-state index contributed by atoms with van der Waals surface area (Å²) in [6, 6.07) is 8.69. The zero-order chi connectivity index (χ0) is 20.4. The number of rotatable bonds is 1. The van der Waals surface area contributed by atoms with Gasteiger partial charge in [-0.2, -0.15) is 17.3 Å². The Kier molecular flexibility index (Phi) is 17.8. The van der Waals surface area contributed by atoms with Crippen LogP contribution < -0.4 is 5.19 Å². The Bertz CT molecular complexity index is 342. The van der Waals surface area contributed by atoms with Crippen molar-refractivity contribution in [1.29, 1.82) is 0 Å². The van der Waals surface area contributed by atoms with Gasteiger partial charge in [0.25, 0.3) is 0 Å². The van der Waals surface area contributed by atoms with Crippen LogP contribution >= 0.6 is 0 Å². The third-order valence-electron chi connectivity index (χ3n) is 1.53. The summed E-state index contributed by atoms with van der Waals surface area (Å²) < 4.78 is 0. The van der Waals surface area contributed by atoms with Gasteiger partial charge in [-0.3, -0.25) is 0 Å². The van der Waals surface area contributed by atoms with Crippen LogP contribution in [0.4, 0.5) is 0 Å². The molecule has 0 bridgehead atoms. The maximum absolute atomic E-state index is 6.94. The predicted molar refractivity (Wildman–Crippen MR) is 117 cm³/mol. The van der Waals surface area contributed by atoms with E-state index < -0.39 is 8.07 Å². The first-order valence-electron chi connectivity index (χ1n) is 8.58. The molecular weight excluding hydrogens is 489 g/mol. The molecule has 0 fully saturated rings. The predicted octanol–water partition coefficient (Wildman–Crippen LogP) is 7.46. The average molecular weight is 532 g/mol. The van der Waals surface area contributed by atoms with Gasteiger partial charge in [0.2, 0.25) is 0 Å². The molecule has 0 aliphatic heterocycles. The van der Waals surface area contributed by atoms with Gasteiger partial charge < -0.3 is 17.2 Å². The molecule has 0 spiro atoms. The summed E-state index contributed by atoms with van der Waals surface area (Å²) in [5, 5.41) is 1.56. The third kappa shape index (κ3) is 68.3. The molecule has 1 rings (SSSR count). The number of hydrogen-bond donors (Lipinski definition) is 0. The first kappa shape index (κ1) is 32.9. The average Bonchev–Trinajstić information content (AvgIpc) is 2.58. The van der Waals surface area contributed by atoms with Gasteiger partial charge in [0, 0.05) is 8.07 Å². The van der Waals surface area contributed by atoms with Gasteiger partial charge in [-0.05, 0) is 0 Å². The van der Waals surface area contributed by atoms with Crippen LogP contribution in [0.25, 0.3) is 17.2 Å². The third-order valence-corrected chi connectivity index (χ3v) is 3.59. The van der Waals surface area contributed by atoms with Crippen molar-refractivity contribution in [3.8, 4) is 0 Å². The second-order valence-electron chi connectivity index (χ2n) is 10.2. The largest absolute Gasteiger partial charge is 4.00 e. The monoisotopic (exact) mass is 533 g/mol. The summed E-state index contributed by atoms with van der Waals surface area (Å²) in [5.41, 5.74) is 20.1. The zero-order valence-corrected chi connectivity index (χ0v) is 23.4. The molecule has 0 aliphatic carbocycles. The second kappa shape index (κ2) is 13.5. The van der Waals surface area contributed by atoms with Crippen molar-refractivity contribution in [1.82, 2.24) is 0 Å². The van der Waals surface area contributed by atoms with Crippen molar-refractivity contribution in [3.05, 3.63) is 41.5 Å². The molecule has 0 amide bonds. The first-order valence-corrected chi connectivity index (χ1v) is 12.1. The van der Waals surface area contributed by atoms with Gasteiger partial charge in [0.1, 0.15) is 0 Å². The standard InChI is InChI=1S/C8H13Si.3C4H10N.Hf/c1-9(2,3)8-6-4-5-7-8;3*1-4(2,3)5;/h4-7H,1-3H3;3*5H,1-3H3;/q4*-1;+4. The molecule has 0 aromatic heterocycles. The summed E-state index contributed by atoms with van der Waals surface area (Å²) in [7, 11) is -0.981. The minimum atomic E-state index is -0.981. The quantitative estimate of drug-likeness (QED) is 0.266. The van der Waals surface area contributed by atoms with Gasteiger partial charge in [-0.15, -0.1) is 16.6 Å². The molecule has 0 aliphatic rings.